The number of ether oxygens (including phenoxy) is 1. The summed E-state index contributed by atoms with van der Waals surface area (Å²) in [5.41, 5.74) is 8.28. The molecule has 0 radical (unpaired) electrons. The number of rotatable bonds is 2. The Morgan fingerprint density at radius 3 is 2.88 bits per heavy atom. The molecule has 1 atom stereocenters. The van der Waals surface area contributed by atoms with Crippen LogP contribution in [-0.2, 0) is 4.74 Å². The molecule has 0 amide bonds. The Morgan fingerprint density at radius 2 is 2.18 bits per heavy atom. The molecule has 0 aliphatic carbocycles. The first kappa shape index (κ1) is 12.9. The molecule has 1 aliphatic heterocycles. The van der Waals surface area contributed by atoms with Crippen LogP contribution in [0.2, 0.25) is 0 Å². The van der Waals surface area contributed by atoms with Crippen molar-refractivity contribution in [1.82, 2.24) is 0 Å². The molecule has 94 valence electrons. The molecule has 0 bridgehead atoms. The van der Waals surface area contributed by atoms with E-state index in [0.717, 1.165) is 42.8 Å². The fourth-order valence-corrected chi connectivity index (χ4v) is 2.70. The Balaban J connectivity index is 2.19. The zero-order valence-corrected chi connectivity index (χ0v) is 11.7. The molecule has 0 spiro atoms. The molecule has 2 rings (SSSR count). The lowest BCUT2D eigenvalue weighted by atomic mass is 10.1. The normalized spacial score (nSPS) is 18.9. The number of halogens is 1. The van der Waals surface area contributed by atoms with Gasteiger partial charge >= 0.3 is 0 Å². The highest BCUT2D eigenvalue weighted by Crippen LogP contribution is 2.29. The van der Waals surface area contributed by atoms with Crippen LogP contribution in [0, 0.1) is 0 Å². The van der Waals surface area contributed by atoms with Crippen LogP contribution in [0.5, 0.6) is 0 Å². The third kappa shape index (κ3) is 3.21. The molecule has 1 aromatic rings. The Labute approximate surface area is 111 Å². The lowest BCUT2D eigenvalue weighted by Crippen LogP contribution is -2.26. The summed E-state index contributed by atoms with van der Waals surface area (Å²) >= 11 is 3.64. The van der Waals surface area contributed by atoms with Gasteiger partial charge in [-0.2, -0.15) is 0 Å². The standard InChI is InChI=1S/C13H19BrN2O/c1-10(15)11-3-4-13(12(14)9-11)16-5-2-7-17-8-6-16/h3-4,9-10H,2,5-8,15H2,1H3/t10-/m1/s1. The number of hydrogen-bond donors (Lipinski definition) is 1. The van der Waals surface area contributed by atoms with Crippen molar-refractivity contribution in [2.24, 2.45) is 5.73 Å². The van der Waals surface area contributed by atoms with Gasteiger partial charge < -0.3 is 15.4 Å². The van der Waals surface area contributed by atoms with Gasteiger partial charge in [0.05, 0.1) is 12.3 Å². The monoisotopic (exact) mass is 298 g/mol. The number of anilines is 1. The first-order chi connectivity index (χ1) is 8.18. The summed E-state index contributed by atoms with van der Waals surface area (Å²) in [6, 6.07) is 6.45. The van der Waals surface area contributed by atoms with Crippen LogP contribution in [-0.4, -0.2) is 26.3 Å². The molecule has 0 unspecified atom stereocenters. The number of hydrogen-bond acceptors (Lipinski definition) is 3. The van der Waals surface area contributed by atoms with E-state index in [-0.39, 0.29) is 6.04 Å². The maximum absolute atomic E-state index is 5.88. The predicted molar refractivity (Wildman–Crippen MR) is 74.4 cm³/mol. The molecular weight excluding hydrogens is 280 g/mol. The van der Waals surface area contributed by atoms with Crippen LogP contribution in [0.25, 0.3) is 0 Å². The minimum atomic E-state index is 0.0767. The molecular formula is C13H19BrN2O. The van der Waals surface area contributed by atoms with Gasteiger partial charge in [0.1, 0.15) is 0 Å². The Bertz CT molecular complexity index is 374. The number of nitrogens with two attached hydrogens (primary N) is 1. The second kappa shape index (κ2) is 5.85. The maximum atomic E-state index is 5.88. The first-order valence-electron chi connectivity index (χ1n) is 6.06. The van der Waals surface area contributed by atoms with E-state index in [2.05, 4.69) is 39.0 Å². The summed E-state index contributed by atoms with van der Waals surface area (Å²) in [6.07, 6.45) is 1.08. The van der Waals surface area contributed by atoms with Gasteiger partial charge in [-0.05, 0) is 47.0 Å². The van der Waals surface area contributed by atoms with Crippen LogP contribution in [0.1, 0.15) is 24.9 Å². The topological polar surface area (TPSA) is 38.5 Å². The minimum absolute atomic E-state index is 0.0767. The van der Waals surface area contributed by atoms with E-state index in [1.165, 1.54) is 5.69 Å². The lowest BCUT2D eigenvalue weighted by molar-refractivity contribution is 0.152. The largest absolute Gasteiger partial charge is 0.380 e. The third-order valence-corrected chi connectivity index (χ3v) is 3.70. The highest BCUT2D eigenvalue weighted by Gasteiger charge is 2.13. The van der Waals surface area contributed by atoms with Crippen molar-refractivity contribution in [2.45, 2.75) is 19.4 Å². The van der Waals surface area contributed by atoms with E-state index in [0.29, 0.717) is 0 Å². The Hall–Kier alpha value is -0.580. The summed E-state index contributed by atoms with van der Waals surface area (Å²) in [4.78, 5) is 2.36. The second-order valence-electron chi connectivity index (χ2n) is 4.45. The second-order valence-corrected chi connectivity index (χ2v) is 5.31. The molecule has 3 nitrogen and oxygen atoms in total. The molecule has 1 fully saturated rings. The van der Waals surface area contributed by atoms with Crippen molar-refractivity contribution in [3.8, 4) is 0 Å². The fourth-order valence-electron chi connectivity index (χ4n) is 2.05. The molecule has 17 heavy (non-hydrogen) atoms. The van der Waals surface area contributed by atoms with E-state index in [4.69, 9.17) is 10.5 Å². The summed E-state index contributed by atoms with van der Waals surface area (Å²) in [7, 11) is 0. The molecule has 1 saturated heterocycles. The van der Waals surface area contributed by atoms with Crippen molar-refractivity contribution in [2.75, 3.05) is 31.2 Å². The number of nitrogens with zero attached hydrogens (tertiary/aromatic N) is 1. The average molecular weight is 299 g/mol. The summed E-state index contributed by atoms with van der Waals surface area (Å²) in [6.45, 7) is 5.68. The Morgan fingerprint density at radius 1 is 1.35 bits per heavy atom. The highest BCUT2D eigenvalue weighted by molar-refractivity contribution is 9.10. The molecule has 0 aromatic heterocycles. The fraction of sp³-hybridized carbons (Fsp3) is 0.538. The zero-order valence-electron chi connectivity index (χ0n) is 10.2. The van der Waals surface area contributed by atoms with Crippen molar-refractivity contribution in [3.63, 3.8) is 0 Å². The van der Waals surface area contributed by atoms with Gasteiger partial charge in [0.2, 0.25) is 0 Å². The van der Waals surface area contributed by atoms with E-state index >= 15 is 0 Å². The molecule has 1 aliphatic rings. The highest BCUT2D eigenvalue weighted by atomic mass is 79.9. The smallest absolute Gasteiger partial charge is 0.0641 e. The molecule has 1 heterocycles. The third-order valence-electron chi connectivity index (χ3n) is 3.06. The van der Waals surface area contributed by atoms with Crippen molar-refractivity contribution in [3.05, 3.63) is 28.2 Å². The van der Waals surface area contributed by atoms with Gasteiger partial charge in [-0.3, -0.25) is 0 Å². The van der Waals surface area contributed by atoms with E-state index in [9.17, 15) is 0 Å². The minimum Gasteiger partial charge on any atom is -0.380 e. The molecule has 1 aromatic carbocycles. The predicted octanol–water partition coefficient (Wildman–Crippen LogP) is 2.70. The van der Waals surface area contributed by atoms with E-state index in [1.54, 1.807) is 0 Å². The quantitative estimate of drug-likeness (QED) is 0.912. The average Bonchev–Trinajstić information content (AvgIpc) is 2.57. The van der Waals surface area contributed by atoms with Crippen molar-refractivity contribution < 1.29 is 4.74 Å². The molecule has 4 heteroatoms. The molecule has 0 saturated carbocycles. The van der Waals surface area contributed by atoms with Gasteiger partial charge in [0, 0.05) is 30.2 Å². The Kier molecular flexibility index (Phi) is 4.42. The van der Waals surface area contributed by atoms with Crippen LogP contribution in [0.4, 0.5) is 5.69 Å². The van der Waals surface area contributed by atoms with Crippen LogP contribution >= 0.6 is 15.9 Å². The number of benzene rings is 1. The van der Waals surface area contributed by atoms with Crippen LogP contribution in [0.3, 0.4) is 0 Å². The zero-order chi connectivity index (χ0) is 12.3. The SMILES string of the molecule is C[C@@H](N)c1ccc(N2CCCOCC2)c(Br)c1. The van der Waals surface area contributed by atoms with Crippen molar-refractivity contribution in [1.29, 1.82) is 0 Å². The summed E-state index contributed by atoms with van der Waals surface area (Å²) in [5.74, 6) is 0. The maximum Gasteiger partial charge on any atom is 0.0641 e. The van der Waals surface area contributed by atoms with Gasteiger partial charge in [-0.15, -0.1) is 0 Å². The van der Waals surface area contributed by atoms with Crippen LogP contribution in [0.15, 0.2) is 22.7 Å². The van der Waals surface area contributed by atoms with Gasteiger partial charge in [-0.25, -0.2) is 0 Å². The van der Waals surface area contributed by atoms with Crippen molar-refractivity contribution >= 4 is 21.6 Å². The van der Waals surface area contributed by atoms with Crippen LogP contribution < -0.4 is 10.6 Å². The lowest BCUT2D eigenvalue weighted by Gasteiger charge is -2.24. The van der Waals surface area contributed by atoms with Gasteiger partial charge in [0.25, 0.3) is 0 Å². The van der Waals surface area contributed by atoms with Gasteiger partial charge in [-0.1, -0.05) is 6.07 Å². The van der Waals surface area contributed by atoms with E-state index in [1.807, 2.05) is 6.92 Å². The van der Waals surface area contributed by atoms with E-state index < -0.39 is 0 Å². The summed E-state index contributed by atoms with van der Waals surface area (Å²) < 4.78 is 6.59. The summed E-state index contributed by atoms with van der Waals surface area (Å²) in [5, 5.41) is 0. The first-order valence-corrected chi connectivity index (χ1v) is 6.85. The molecule has 2 N–H and O–H groups in total. The van der Waals surface area contributed by atoms with Gasteiger partial charge in [0.15, 0.2) is 0 Å².